The summed E-state index contributed by atoms with van der Waals surface area (Å²) in [6.45, 7) is 0. The fourth-order valence-corrected chi connectivity index (χ4v) is 6.15. The zero-order valence-corrected chi connectivity index (χ0v) is 21.7. The van der Waals surface area contributed by atoms with Crippen molar-refractivity contribution in [2.45, 2.75) is 32.1 Å². The number of nitrogens with zero attached hydrogens (tertiary/aromatic N) is 4. The predicted molar refractivity (Wildman–Crippen MR) is 151 cm³/mol. The molecule has 0 unspecified atom stereocenters. The highest BCUT2D eigenvalue weighted by molar-refractivity contribution is 7.13. The van der Waals surface area contributed by atoms with Crippen molar-refractivity contribution in [1.29, 1.82) is 0 Å². The third-order valence-electron chi connectivity index (χ3n) is 7.36. The molecule has 8 nitrogen and oxygen atoms in total. The largest absolute Gasteiger partial charge is 0.335 e. The van der Waals surface area contributed by atoms with Crippen molar-refractivity contribution < 1.29 is 9.18 Å². The first-order chi connectivity index (χ1) is 19.2. The Morgan fingerprint density at radius 2 is 1.97 bits per heavy atom. The minimum atomic E-state index is -0.444. The number of rotatable bonds is 5. The second-order valence-electron chi connectivity index (χ2n) is 9.83. The van der Waals surface area contributed by atoms with E-state index in [1.165, 1.54) is 6.42 Å². The van der Waals surface area contributed by atoms with Gasteiger partial charge in [-0.25, -0.2) is 14.4 Å². The van der Waals surface area contributed by atoms with Gasteiger partial charge in [-0.1, -0.05) is 25.3 Å². The molecule has 0 aliphatic heterocycles. The molecule has 5 heterocycles. The van der Waals surface area contributed by atoms with Crippen LogP contribution in [0.3, 0.4) is 0 Å². The molecular formula is C29H24FN7OS. The predicted octanol–water partition coefficient (Wildman–Crippen LogP) is 6.95. The molecule has 1 aliphatic rings. The minimum absolute atomic E-state index is 0.00195. The van der Waals surface area contributed by atoms with E-state index in [-0.39, 0.29) is 11.8 Å². The van der Waals surface area contributed by atoms with Gasteiger partial charge in [-0.3, -0.25) is 14.9 Å². The Hall–Kier alpha value is -4.44. The molecule has 0 spiro atoms. The van der Waals surface area contributed by atoms with Gasteiger partial charge in [0.25, 0.3) is 0 Å². The fraction of sp³-hybridized carbons (Fsp3) is 0.207. The van der Waals surface area contributed by atoms with E-state index < -0.39 is 5.82 Å². The van der Waals surface area contributed by atoms with Gasteiger partial charge < -0.3 is 10.3 Å². The van der Waals surface area contributed by atoms with Gasteiger partial charge in [0.1, 0.15) is 11.5 Å². The van der Waals surface area contributed by atoms with E-state index in [0.29, 0.717) is 44.9 Å². The summed E-state index contributed by atoms with van der Waals surface area (Å²) in [7, 11) is 0. The number of hydrogen-bond donors (Lipinski definition) is 3. The standard InChI is InChI=1S/C29H24FN7OS/c30-24-19(17-13-18(15-31-14-17)33-29(38)16-5-2-1-3-6-16)8-9-21-23(24)26(37-36-21)28-34-25-20(22-7-4-12-39-22)10-11-32-27(25)35-28/h4,7-16H,1-3,5-6H2,(H,33,38)(H,36,37)(H,32,34,35). The molecule has 0 saturated heterocycles. The Balaban J connectivity index is 1.26. The number of hydrogen-bond acceptors (Lipinski definition) is 6. The molecule has 5 aromatic heterocycles. The van der Waals surface area contributed by atoms with E-state index in [1.54, 1.807) is 48.1 Å². The van der Waals surface area contributed by atoms with Crippen LogP contribution in [0.5, 0.6) is 0 Å². The second kappa shape index (κ2) is 9.70. The number of carbonyl (C=O) groups excluding carboxylic acids is 1. The highest BCUT2D eigenvalue weighted by atomic mass is 32.1. The van der Waals surface area contributed by atoms with E-state index >= 15 is 4.39 Å². The highest BCUT2D eigenvalue weighted by Crippen LogP contribution is 2.36. The number of amides is 1. The van der Waals surface area contributed by atoms with Crippen molar-refractivity contribution in [3.63, 3.8) is 0 Å². The molecule has 0 atom stereocenters. The topological polar surface area (TPSA) is 112 Å². The monoisotopic (exact) mass is 537 g/mol. The van der Waals surface area contributed by atoms with Crippen molar-refractivity contribution in [3.8, 4) is 33.1 Å². The van der Waals surface area contributed by atoms with Gasteiger partial charge >= 0.3 is 0 Å². The van der Waals surface area contributed by atoms with Crippen LogP contribution in [0.1, 0.15) is 32.1 Å². The zero-order valence-electron chi connectivity index (χ0n) is 20.9. The Morgan fingerprint density at radius 1 is 1.08 bits per heavy atom. The first kappa shape index (κ1) is 23.7. The first-order valence-electron chi connectivity index (χ1n) is 13.0. The Morgan fingerprint density at radius 3 is 2.82 bits per heavy atom. The van der Waals surface area contributed by atoms with E-state index in [1.807, 2.05) is 23.6 Å². The SMILES string of the molecule is O=C(Nc1cncc(-c2ccc3[nH]nc(-c4nc5nccc(-c6cccs6)c5[nH]4)c3c2F)c1)C1CCCCC1. The molecule has 1 amide bonds. The summed E-state index contributed by atoms with van der Waals surface area (Å²) in [6, 6.07) is 11.2. The third kappa shape index (κ3) is 4.26. The van der Waals surface area contributed by atoms with Crippen molar-refractivity contribution in [1.82, 2.24) is 30.1 Å². The number of fused-ring (bicyclic) bond motifs is 2. The summed E-state index contributed by atoms with van der Waals surface area (Å²) < 4.78 is 16.1. The lowest BCUT2D eigenvalue weighted by atomic mass is 9.88. The van der Waals surface area contributed by atoms with Gasteiger partial charge in [-0.15, -0.1) is 11.3 Å². The highest BCUT2D eigenvalue weighted by Gasteiger charge is 2.23. The van der Waals surface area contributed by atoms with Crippen molar-refractivity contribution >= 4 is 45.0 Å². The molecule has 0 radical (unpaired) electrons. The summed E-state index contributed by atoms with van der Waals surface area (Å²) in [5.74, 6) is 0.000787. The Labute approximate surface area is 226 Å². The number of nitrogens with one attached hydrogen (secondary N) is 3. The maximum atomic E-state index is 16.1. The van der Waals surface area contributed by atoms with Gasteiger partial charge in [0, 0.05) is 39.9 Å². The number of benzene rings is 1. The van der Waals surface area contributed by atoms with Gasteiger partial charge in [0.2, 0.25) is 5.91 Å². The maximum Gasteiger partial charge on any atom is 0.227 e. The number of aromatic nitrogens is 6. The molecule has 39 heavy (non-hydrogen) atoms. The van der Waals surface area contributed by atoms with Crippen molar-refractivity contribution in [3.05, 3.63) is 66.2 Å². The Bertz CT molecular complexity index is 1820. The number of H-pyrrole nitrogens is 2. The van der Waals surface area contributed by atoms with Crippen LogP contribution in [0.2, 0.25) is 0 Å². The fourth-order valence-electron chi connectivity index (χ4n) is 5.39. The van der Waals surface area contributed by atoms with Crippen LogP contribution in [0.15, 0.2) is 60.4 Å². The van der Waals surface area contributed by atoms with Gasteiger partial charge in [0.15, 0.2) is 11.5 Å². The van der Waals surface area contributed by atoms with Crippen LogP contribution in [0.25, 0.3) is 55.2 Å². The summed E-state index contributed by atoms with van der Waals surface area (Å²) >= 11 is 1.63. The van der Waals surface area contributed by atoms with E-state index in [9.17, 15) is 4.79 Å². The van der Waals surface area contributed by atoms with Crippen LogP contribution in [0.4, 0.5) is 10.1 Å². The molecule has 1 aromatic carbocycles. The number of thiophene rings is 1. The van der Waals surface area contributed by atoms with E-state index in [4.69, 9.17) is 0 Å². The molecule has 7 rings (SSSR count). The molecular weight excluding hydrogens is 513 g/mol. The van der Waals surface area contributed by atoms with Crippen molar-refractivity contribution in [2.75, 3.05) is 5.32 Å². The third-order valence-corrected chi connectivity index (χ3v) is 8.27. The van der Waals surface area contributed by atoms with Gasteiger partial charge in [0.05, 0.1) is 28.3 Å². The van der Waals surface area contributed by atoms with Gasteiger partial charge in [-0.05, 0) is 48.6 Å². The lowest BCUT2D eigenvalue weighted by Gasteiger charge is -2.20. The van der Waals surface area contributed by atoms with E-state index in [2.05, 4.69) is 35.5 Å². The van der Waals surface area contributed by atoms with Crippen LogP contribution in [-0.4, -0.2) is 36.0 Å². The Kier molecular flexibility index (Phi) is 5.89. The molecule has 0 bridgehead atoms. The smallest absolute Gasteiger partial charge is 0.227 e. The summed E-state index contributed by atoms with van der Waals surface area (Å²) in [5, 5.41) is 12.6. The molecule has 194 valence electrons. The van der Waals surface area contributed by atoms with Crippen LogP contribution in [-0.2, 0) is 4.79 Å². The lowest BCUT2D eigenvalue weighted by Crippen LogP contribution is -2.24. The van der Waals surface area contributed by atoms with Crippen LogP contribution < -0.4 is 5.32 Å². The minimum Gasteiger partial charge on any atom is -0.335 e. The second-order valence-corrected chi connectivity index (χ2v) is 10.8. The van der Waals surface area contributed by atoms with E-state index in [0.717, 1.165) is 41.6 Å². The normalized spacial score (nSPS) is 14.3. The molecule has 1 aliphatic carbocycles. The molecule has 6 aromatic rings. The first-order valence-corrected chi connectivity index (χ1v) is 13.9. The number of halogens is 1. The zero-order chi connectivity index (χ0) is 26.3. The molecule has 1 saturated carbocycles. The quantitative estimate of drug-likeness (QED) is 0.220. The maximum absolute atomic E-state index is 16.1. The number of carbonyl (C=O) groups is 1. The summed E-state index contributed by atoms with van der Waals surface area (Å²) in [4.78, 5) is 30.5. The number of imidazole rings is 1. The van der Waals surface area contributed by atoms with Crippen LogP contribution in [0, 0.1) is 11.7 Å². The van der Waals surface area contributed by atoms with Gasteiger partial charge in [-0.2, -0.15) is 5.10 Å². The van der Waals surface area contributed by atoms with Crippen LogP contribution >= 0.6 is 11.3 Å². The molecule has 10 heteroatoms. The summed E-state index contributed by atoms with van der Waals surface area (Å²) in [5.41, 5.74) is 4.69. The lowest BCUT2D eigenvalue weighted by molar-refractivity contribution is -0.120. The summed E-state index contributed by atoms with van der Waals surface area (Å²) in [6.07, 6.45) is 10.0. The average molecular weight is 538 g/mol. The number of aromatic amines is 2. The van der Waals surface area contributed by atoms with Crippen molar-refractivity contribution in [2.24, 2.45) is 5.92 Å². The number of pyridine rings is 2. The average Bonchev–Trinajstić information content (AvgIpc) is 3.73. The molecule has 1 fully saturated rings. The number of anilines is 1. The molecule has 3 N–H and O–H groups in total.